The summed E-state index contributed by atoms with van der Waals surface area (Å²) >= 11 is 5.13. The fourth-order valence-corrected chi connectivity index (χ4v) is 2.99. The quantitative estimate of drug-likeness (QED) is 0.811. The van der Waals surface area contributed by atoms with E-state index in [1.54, 1.807) is 0 Å². The van der Waals surface area contributed by atoms with E-state index in [0.717, 1.165) is 24.8 Å². The van der Waals surface area contributed by atoms with Gasteiger partial charge in [-0.25, -0.2) is 0 Å². The molecule has 0 saturated carbocycles. The van der Waals surface area contributed by atoms with E-state index in [1.807, 2.05) is 32.0 Å². The maximum absolute atomic E-state index is 12.4. The largest absolute Gasteiger partial charge is 0.391 e. The molecule has 3 nitrogen and oxygen atoms in total. The lowest BCUT2D eigenvalue weighted by Gasteiger charge is -2.36. The zero-order valence-corrected chi connectivity index (χ0v) is 12.2. The fourth-order valence-electron chi connectivity index (χ4n) is 2.65. The molecule has 2 rings (SSSR count). The molecule has 0 bridgehead atoms. The number of carbonyl (C=O) groups excluding carboxylic acids is 1. The molecule has 0 spiro atoms. The van der Waals surface area contributed by atoms with Crippen LogP contribution in [0, 0.1) is 0 Å². The van der Waals surface area contributed by atoms with Crippen molar-refractivity contribution in [3.8, 4) is 0 Å². The summed E-state index contributed by atoms with van der Waals surface area (Å²) in [4.78, 5) is 12.8. The molecule has 0 saturated heterocycles. The lowest BCUT2D eigenvalue weighted by Crippen LogP contribution is -2.57. The number of hydrogen-bond donors (Lipinski definition) is 2. The molecule has 0 aromatic heterocycles. The van der Waals surface area contributed by atoms with Gasteiger partial charge in [0.05, 0.1) is 16.4 Å². The third kappa shape index (κ3) is 2.37. The molecule has 1 amide bonds. The second-order valence-corrected chi connectivity index (χ2v) is 5.54. The van der Waals surface area contributed by atoms with E-state index in [0.29, 0.717) is 4.99 Å². The molecule has 102 valence electrons. The van der Waals surface area contributed by atoms with Crippen molar-refractivity contribution >= 4 is 23.1 Å². The third-order valence-electron chi connectivity index (χ3n) is 4.21. The van der Waals surface area contributed by atoms with Crippen LogP contribution in [0.3, 0.4) is 0 Å². The van der Waals surface area contributed by atoms with Crippen LogP contribution in [0.4, 0.5) is 0 Å². The maximum atomic E-state index is 12.4. The normalized spacial score (nSPS) is 17.3. The van der Waals surface area contributed by atoms with Gasteiger partial charge in [-0.05, 0) is 30.4 Å². The summed E-state index contributed by atoms with van der Waals surface area (Å²) in [6.07, 6.45) is 2.25. The molecule has 1 aromatic carbocycles. The van der Waals surface area contributed by atoms with Crippen molar-refractivity contribution in [2.45, 2.75) is 44.6 Å². The van der Waals surface area contributed by atoms with Gasteiger partial charge in [0, 0.05) is 0 Å². The van der Waals surface area contributed by atoms with Crippen LogP contribution in [-0.2, 0) is 11.2 Å². The van der Waals surface area contributed by atoms with Crippen LogP contribution >= 0.6 is 12.2 Å². The van der Waals surface area contributed by atoms with Crippen LogP contribution in [0.15, 0.2) is 24.3 Å². The second-order valence-electron chi connectivity index (χ2n) is 5.10. The van der Waals surface area contributed by atoms with Gasteiger partial charge in [-0.15, -0.1) is 0 Å². The van der Waals surface area contributed by atoms with Crippen LogP contribution in [-0.4, -0.2) is 16.4 Å². The fraction of sp³-hybridized carbons (Fsp3) is 0.467. The minimum absolute atomic E-state index is 0.0372. The molecular formula is C15H20N2OS. The number of benzene rings is 1. The van der Waals surface area contributed by atoms with Gasteiger partial charge in [-0.2, -0.15) is 0 Å². The van der Waals surface area contributed by atoms with Gasteiger partial charge in [0.1, 0.15) is 0 Å². The SMILES string of the molecule is CCC(CC)(NC(=O)C1Cc2ccccc21)C(N)=S. The van der Waals surface area contributed by atoms with Crippen molar-refractivity contribution in [1.29, 1.82) is 0 Å². The Bertz CT molecular complexity index is 509. The zero-order chi connectivity index (χ0) is 14.0. The molecule has 0 heterocycles. The Morgan fingerprint density at radius 3 is 2.58 bits per heavy atom. The summed E-state index contributed by atoms with van der Waals surface area (Å²) in [5.74, 6) is -0.0155. The monoisotopic (exact) mass is 276 g/mol. The van der Waals surface area contributed by atoms with E-state index in [4.69, 9.17) is 18.0 Å². The van der Waals surface area contributed by atoms with E-state index in [-0.39, 0.29) is 11.8 Å². The number of fused-ring (bicyclic) bond motifs is 1. The first kappa shape index (κ1) is 14.0. The van der Waals surface area contributed by atoms with Crippen molar-refractivity contribution < 1.29 is 4.79 Å². The van der Waals surface area contributed by atoms with Crippen LogP contribution in [0.2, 0.25) is 0 Å². The molecule has 1 atom stereocenters. The Balaban J connectivity index is 2.13. The molecule has 1 aliphatic rings. The lowest BCUT2D eigenvalue weighted by atomic mass is 9.76. The first-order chi connectivity index (χ1) is 9.04. The highest BCUT2D eigenvalue weighted by atomic mass is 32.1. The average Bonchev–Trinajstić information content (AvgIpc) is 2.37. The Hall–Kier alpha value is -1.42. The molecule has 0 fully saturated rings. The van der Waals surface area contributed by atoms with Crippen LogP contribution in [0.1, 0.15) is 43.7 Å². The number of rotatable bonds is 5. The molecular weight excluding hydrogens is 256 g/mol. The summed E-state index contributed by atoms with van der Waals surface area (Å²) in [5, 5.41) is 3.07. The Labute approximate surface area is 119 Å². The van der Waals surface area contributed by atoms with Crippen molar-refractivity contribution in [1.82, 2.24) is 5.32 Å². The van der Waals surface area contributed by atoms with Gasteiger partial charge in [-0.1, -0.05) is 50.3 Å². The summed E-state index contributed by atoms with van der Waals surface area (Å²) in [5.41, 5.74) is 7.66. The van der Waals surface area contributed by atoms with Crippen LogP contribution in [0.25, 0.3) is 0 Å². The van der Waals surface area contributed by atoms with E-state index in [9.17, 15) is 4.79 Å². The zero-order valence-electron chi connectivity index (χ0n) is 11.4. The highest BCUT2D eigenvalue weighted by Gasteiger charge is 2.37. The highest BCUT2D eigenvalue weighted by Crippen LogP contribution is 2.35. The number of nitrogens with two attached hydrogens (primary N) is 1. The Morgan fingerprint density at radius 2 is 2.05 bits per heavy atom. The van der Waals surface area contributed by atoms with Crippen molar-refractivity contribution in [2.24, 2.45) is 5.73 Å². The van der Waals surface area contributed by atoms with Crippen molar-refractivity contribution in [3.63, 3.8) is 0 Å². The molecule has 0 aliphatic heterocycles. The molecule has 19 heavy (non-hydrogen) atoms. The molecule has 1 unspecified atom stereocenters. The van der Waals surface area contributed by atoms with Gasteiger partial charge in [-0.3, -0.25) is 4.79 Å². The highest BCUT2D eigenvalue weighted by molar-refractivity contribution is 7.80. The Morgan fingerprint density at radius 1 is 1.42 bits per heavy atom. The third-order valence-corrected chi connectivity index (χ3v) is 4.60. The van der Waals surface area contributed by atoms with E-state index < -0.39 is 5.54 Å². The van der Waals surface area contributed by atoms with Crippen LogP contribution < -0.4 is 11.1 Å². The first-order valence-corrected chi connectivity index (χ1v) is 7.14. The molecule has 4 heteroatoms. The topological polar surface area (TPSA) is 55.1 Å². The minimum atomic E-state index is -0.545. The predicted octanol–water partition coefficient (Wildman–Crippen LogP) is 2.29. The summed E-state index contributed by atoms with van der Waals surface area (Å²) < 4.78 is 0. The van der Waals surface area contributed by atoms with Crippen molar-refractivity contribution in [3.05, 3.63) is 35.4 Å². The molecule has 3 N–H and O–H groups in total. The maximum Gasteiger partial charge on any atom is 0.228 e. The minimum Gasteiger partial charge on any atom is -0.391 e. The van der Waals surface area contributed by atoms with E-state index >= 15 is 0 Å². The summed E-state index contributed by atoms with van der Waals surface area (Å²) in [7, 11) is 0. The van der Waals surface area contributed by atoms with Gasteiger partial charge in [0.2, 0.25) is 5.91 Å². The summed E-state index contributed by atoms with van der Waals surface area (Å²) in [6.45, 7) is 4.00. The number of carbonyl (C=O) groups is 1. The van der Waals surface area contributed by atoms with Gasteiger partial charge in [0.25, 0.3) is 0 Å². The van der Waals surface area contributed by atoms with E-state index in [1.165, 1.54) is 5.56 Å². The van der Waals surface area contributed by atoms with Crippen LogP contribution in [0.5, 0.6) is 0 Å². The number of thiocarbonyl (C=S) groups is 1. The second kappa shape index (κ2) is 5.29. The van der Waals surface area contributed by atoms with Gasteiger partial charge in [0.15, 0.2) is 0 Å². The number of nitrogens with one attached hydrogen (secondary N) is 1. The predicted molar refractivity (Wildman–Crippen MR) is 81.1 cm³/mol. The average molecular weight is 276 g/mol. The van der Waals surface area contributed by atoms with E-state index in [2.05, 4.69) is 11.4 Å². The van der Waals surface area contributed by atoms with Crippen molar-refractivity contribution in [2.75, 3.05) is 0 Å². The Kier molecular flexibility index (Phi) is 3.90. The standard InChI is InChI=1S/C15H20N2OS/c1-3-15(4-2,14(16)19)17-13(18)12-9-10-7-5-6-8-11(10)12/h5-8,12H,3-4,9H2,1-2H3,(H2,16,19)(H,17,18). The molecule has 1 aromatic rings. The smallest absolute Gasteiger partial charge is 0.228 e. The first-order valence-electron chi connectivity index (χ1n) is 6.73. The summed E-state index contributed by atoms with van der Waals surface area (Å²) in [6, 6.07) is 8.06. The van der Waals surface area contributed by atoms with Gasteiger partial charge >= 0.3 is 0 Å². The number of amides is 1. The lowest BCUT2D eigenvalue weighted by molar-refractivity contribution is -0.124. The van der Waals surface area contributed by atoms with Gasteiger partial charge < -0.3 is 11.1 Å². The molecule has 0 radical (unpaired) electrons. The number of hydrogen-bond acceptors (Lipinski definition) is 2. The molecule has 1 aliphatic carbocycles.